The van der Waals surface area contributed by atoms with Gasteiger partial charge in [-0.15, -0.1) is 0 Å². The summed E-state index contributed by atoms with van der Waals surface area (Å²) in [5, 5.41) is 2.65. The highest BCUT2D eigenvalue weighted by atomic mass is 16.7. The van der Waals surface area contributed by atoms with E-state index in [0.717, 1.165) is 0 Å². The van der Waals surface area contributed by atoms with Crippen molar-refractivity contribution in [2.45, 2.75) is 13.8 Å². The van der Waals surface area contributed by atoms with E-state index in [1.807, 2.05) is 19.9 Å². The second kappa shape index (κ2) is 8.40. The highest BCUT2D eigenvalue weighted by molar-refractivity contribution is 6.03. The molecule has 0 atom stereocenters. The molecule has 1 aliphatic rings. The molecule has 0 fully saturated rings. The summed E-state index contributed by atoms with van der Waals surface area (Å²) in [6.07, 6.45) is 1.56. The Morgan fingerprint density at radius 2 is 1.85 bits per heavy atom. The minimum absolute atomic E-state index is 0.0587. The van der Waals surface area contributed by atoms with E-state index in [2.05, 4.69) is 5.32 Å². The van der Waals surface area contributed by atoms with Crippen LogP contribution in [0.25, 0.3) is 6.08 Å². The van der Waals surface area contributed by atoms with Crippen LogP contribution in [0.2, 0.25) is 0 Å². The Morgan fingerprint density at radius 1 is 1.11 bits per heavy atom. The van der Waals surface area contributed by atoms with Crippen molar-refractivity contribution in [2.24, 2.45) is 5.92 Å². The Hall–Kier alpha value is -3.28. The topological polar surface area (TPSA) is 73.9 Å². The van der Waals surface area contributed by atoms with E-state index in [4.69, 9.17) is 14.2 Å². The maximum Gasteiger partial charge on any atom is 0.354 e. The zero-order valence-corrected chi connectivity index (χ0v) is 15.2. The average Bonchev–Trinajstić information content (AvgIpc) is 3.14. The average molecular weight is 367 g/mol. The van der Waals surface area contributed by atoms with Gasteiger partial charge in [0.1, 0.15) is 5.70 Å². The number of nitrogens with one attached hydrogen (secondary N) is 1. The van der Waals surface area contributed by atoms with Crippen LogP contribution in [0, 0.1) is 5.92 Å². The fourth-order valence-electron chi connectivity index (χ4n) is 2.42. The lowest BCUT2D eigenvalue weighted by molar-refractivity contribution is -0.140. The molecule has 140 valence electrons. The lowest BCUT2D eigenvalue weighted by Crippen LogP contribution is -2.29. The standard InChI is InChI=1S/C21H21NO5/c1-14(2)12-25-21(24)17(22-20(23)16-6-4-3-5-7-16)10-15-8-9-18-19(11-15)27-13-26-18/h3-11,14H,12-13H2,1-2H3,(H,22,23)/b17-10-. The van der Waals surface area contributed by atoms with Gasteiger partial charge in [-0.2, -0.15) is 0 Å². The normalized spacial score (nSPS) is 12.8. The summed E-state index contributed by atoms with van der Waals surface area (Å²) in [6, 6.07) is 14.0. The minimum Gasteiger partial charge on any atom is -0.461 e. The molecule has 2 aromatic rings. The maximum absolute atomic E-state index is 12.5. The molecule has 1 N–H and O–H groups in total. The number of rotatable bonds is 6. The van der Waals surface area contributed by atoms with Crippen molar-refractivity contribution in [3.05, 3.63) is 65.4 Å². The molecular weight excluding hydrogens is 346 g/mol. The van der Waals surface area contributed by atoms with Crippen LogP contribution in [-0.4, -0.2) is 25.3 Å². The Bertz CT molecular complexity index is 858. The molecule has 0 saturated carbocycles. The van der Waals surface area contributed by atoms with E-state index in [-0.39, 0.29) is 30.9 Å². The van der Waals surface area contributed by atoms with Crippen LogP contribution in [0.1, 0.15) is 29.8 Å². The van der Waals surface area contributed by atoms with Crippen LogP contribution in [-0.2, 0) is 9.53 Å². The molecule has 1 aliphatic heterocycles. The molecule has 0 spiro atoms. The first-order valence-corrected chi connectivity index (χ1v) is 8.68. The molecule has 27 heavy (non-hydrogen) atoms. The summed E-state index contributed by atoms with van der Waals surface area (Å²) in [5.74, 6) is 0.442. The van der Waals surface area contributed by atoms with Crippen molar-refractivity contribution >= 4 is 18.0 Å². The Labute approximate surface area is 157 Å². The van der Waals surface area contributed by atoms with Crippen molar-refractivity contribution in [2.75, 3.05) is 13.4 Å². The fourth-order valence-corrected chi connectivity index (χ4v) is 2.42. The van der Waals surface area contributed by atoms with Gasteiger partial charge in [0.15, 0.2) is 11.5 Å². The summed E-state index contributed by atoms with van der Waals surface area (Å²) in [5.41, 5.74) is 1.19. The molecule has 0 aromatic heterocycles. The van der Waals surface area contributed by atoms with E-state index in [0.29, 0.717) is 22.6 Å². The molecule has 2 aromatic carbocycles. The number of carbonyl (C=O) groups is 2. The lowest BCUT2D eigenvalue weighted by Gasteiger charge is -2.12. The number of hydrogen-bond donors (Lipinski definition) is 1. The molecule has 0 aliphatic carbocycles. The van der Waals surface area contributed by atoms with Gasteiger partial charge in [-0.25, -0.2) is 4.79 Å². The smallest absolute Gasteiger partial charge is 0.354 e. The zero-order valence-electron chi connectivity index (χ0n) is 15.2. The highest BCUT2D eigenvalue weighted by Crippen LogP contribution is 2.33. The van der Waals surface area contributed by atoms with Crippen LogP contribution < -0.4 is 14.8 Å². The molecule has 6 nitrogen and oxygen atoms in total. The van der Waals surface area contributed by atoms with Crippen molar-refractivity contribution in [1.82, 2.24) is 5.32 Å². The molecule has 3 rings (SSSR count). The van der Waals surface area contributed by atoms with Gasteiger partial charge in [0.05, 0.1) is 6.61 Å². The Kier molecular flexibility index (Phi) is 5.76. The lowest BCUT2D eigenvalue weighted by atomic mass is 10.1. The van der Waals surface area contributed by atoms with Crippen molar-refractivity contribution in [3.8, 4) is 11.5 Å². The largest absolute Gasteiger partial charge is 0.461 e. The molecule has 6 heteroatoms. The third kappa shape index (κ3) is 4.88. The number of esters is 1. The summed E-state index contributed by atoms with van der Waals surface area (Å²) < 4.78 is 15.9. The molecule has 0 unspecified atom stereocenters. The monoisotopic (exact) mass is 367 g/mol. The summed E-state index contributed by atoms with van der Waals surface area (Å²) in [4.78, 5) is 25.0. The summed E-state index contributed by atoms with van der Waals surface area (Å²) >= 11 is 0. The zero-order chi connectivity index (χ0) is 19.2. The number of amides is 1. The summed E-state index contributed by atoms with van der Waals surface area (Å²) in [6.45, 7) is 4.31. The van der Waals surface area contributed by atoms with Gasteiger partial charge in [0.2, 0.25) is 6.79 Å². The quantitative estimate of drug-likeness (QED) is 0.626. The van der Waals surface area contributed by atoms with Gasteiger partial charge in [-0.05, 0) is 41.8 Å². The van der Waals surface area contributed by atoms with Crippen molar-refractivity contribution < 1.29 is 23.8 Å². The van der Waals surface area contributed by atoms with Crippen LogP contribution in [0.15, 0.2) is 54.2 Å². The molecular formula is C21H21NO5. The third-order valence-electron chi connectivity index (χ3n) is 3.76. The number of benzene rings is 2. The van der Waals surface area contributed by atoms with Crippen molar-refractivity contribution in [1.29, 1.82) is 0 Å². The van der Waals surface area contributed by atoms with E-state index in [9.17, 15) is 9.59 Å². The second-order valence-electron chi connectivity index (χ2n) is 6.48. The van der Waals surface area contributed by atoms with Crippen LogP contribution in [0.5, 0.6) is 11.5 Å². The predicted octanol–water partition coefficient (Wildman–Crippen LogP) is 3.39. The van der Waals surface area contributed by atoms with Crippen LogP contribution in [0.4, 0.5) is 0 Å². The van der Waals surface area contributed by atoms with Gasteiger partial charge in [0.25, 0.3) is 5.91 Å². The molecule has 0 bridgehead atoms. The molecule has 1 heterocycles. The van der Waals surface area contributed by atoms with Gasteiger partial charge in [-0.1, -0.05) is 38.1 Å². The van der Waals surface area contributed by atoms with Crippen LogP contribution >= 0.6 is 0 Å². The van der Waals surface area contributed by atoms with Gasteiger partial charge >= 0.3 is 5.97 Å². The fraction of sp³-hybridized carbons (Fsp3) is 0.238. The number of carbonyl (C=O) groups excluding carboxylic acids is 2. The number of ether oxygens (including phenoxy) is 3. The van der Waals surface area contributed by atoms with Gasteiger partial charge < -0.3 is 19.5 Å². The van der Waals surface area contributed by atoms with E-state index in [1.54, 1.807) is 48.5 Å². The third-order valence-corrected chi connectivity index (χ3v) is 3.76. The molecule has 0 saturated heterocycles. The summed E-state index contributed by atoms with van der Waals surface area (Å²) in [7, 11) is 0. The molecule has 1 amide bonds. The van der Waals surface area contributed by atoms with E-state index >= 15 is 0 Å². The first kappa shape index (κ1) is 18.5. The minimum atomic E-state index is -0.592. The first-order chi connectivity index (χ1) is 13.0. The van der Waals surface area contributed by atoms with Gasteiger partial charge in [-0.3, -0.25) is 4.79 Å². The van der Waals surface area contributed by atoms with Crippen LogP contribution in [0.3, 0.4) is 0 Å². The van der Waals surface area contributed by atoms with Gasteiger partial charge in [0, 0.05) is 5.56 Å². The first-order valence-electron chi connectivity index (χ1n) is 8.68. The van der Waals surface area contributed by atoms with E-state index < -0.39 is 5.97 Å². The maximum atomic E-state index is 12.5. The number of fused-ring (bicyclic) bond motifs is 1. The molecule has 0 radical (unpaired) electrons. The highest BCUT2D eigenvalue weighted by Gasteiger charge is 2.18. The van der Waals surface area contributed by atoms with Crippen molar-refractivity contribution in [3.63, 3.8) is 0 Å². The predicted molar refractivity (Wildman–Crippen MR) is 100 cm³/mol. The SMILES string of the molecule is CC(C)COC(=O)/C(=C/c1ccc2c(c1)OCO2)NC(=O)c1ccccc1. The Balaban J connectivity index is 1.84. The number of hydrogen-bond acceptors (Lipinski definition) is 5. The van der Waals surface area contributed by atoms with E-state index in [1.165, 1.54) is 0 Å². The Morgan fingerprint density at radius 3 is 2.59 bits per heavy atom. The second-order valence-corrected chi connectivity index (χ2v) is 6.48.